The monoisotopic (exact) mass is 376 g/mol. The standard InChI is InChI=1S/C19H21FN2O3S/c1-14-5-7-18(8-6-14)26(24,25)22-10-9-17(13-22)21-19(23)12-15-3-2-4-16(20)11-15/h2-8,11,17H,9-10,12-13H2,1H3,(H,21,23). The highest BCUT2D eigenvalue weighted by Gasteiger charge is 2.33. The average molecular weight is 376 g/mol. The maximum atomic E-state index is 13.2. The molecule has 0 aliphatic carbocycles. The highest BCUT2D eigenvalue weighted by Crippen LogP contribution is 2.21. The summed E-state index contributed by atoms with van der Waals surface area (Å²) < 4.78 is 39.9. The molecule has 138 valence electrons. The van der Waals surface area contributed by atoms with E-state index in [0.29, 0.717) is 18.5 Å². The number of aryl methyl sites for hydroxylation is 1. The van der Waals surface area contributed by atoms with E-state index in [1.54, 1.807) is 36.4 Å². The minimum absolute atomic E-state index is 0.0684. The molecule has 1 atom stereocenters. The Morgan fingerprint density at radius 1 is 1.23 bits per heavy atom. The number of hydrogen-bond donors (Lipinski definition) is 1. The zero-order valence-corrected chi connectivity index (χ0v) is 15.3. The van der Waals surface area contributed by atoms with E-state index in [-0.39, 0.29) is 35.6 Å². The predicted octanol–water partition coefficient (Wildman–Crippen LogP) is 2.26. The van der Waals surface area contributed by atoms with Crippen LogP contribution < -0.4 is 5.32 Å². The van der Waals surface area contributed by atoms with Gasteiger partial charge < -0.3 is 5.32 Å². The van der Waals surface area contributed by atoms with Crippen molar-refractivity contribution in [2.45, 2.75) is 30.7 Å². The van der Waals surface area contributed by atoms with E-state index in [1.807, 2.05) is 6.92 Å². The number of rotatable bonds is 5. The Morgan fingerprint density at radius 3 is 2.65 bits per heavy atom. The van der Waals surface area contributed by atoms with E-state index >= 15 is 0 Å². The van der Waals surface area contributed by atoms with Gasteiger partial charge in [0, 0.05) is 19.1 Å². The van der Waals surface area contributed by atoms with Crippen molar-refractivity contribution < 1.29 is 17.6 Å². The van der Waals surface area contributed by atoms with E-state index in [0.717, 1.165) is 5.56 Å². The van der Waals surface area contributed by atoms with Gasteiger partial charge in [-0.3, -0.25) is 4.79 Å². The van der Waals surface area contributed by atoms with Gasteiger partial charge in [-0.25, -0.2) is 12.8 Å². The predicted molar refractivity (Wildman–Crippen MR) is 96.6 cm³/mol. The van der Waals surface area contributed by atoms with Crippen molar-refractivity contribution in [1.82, 2.24) is 9.62 Å². The summed E-state index contributed by atoms with van der Waals surface area (Å²) in [5.41, 5.74) is 1.58. The van der Waals surface area contributed by atoms with Crippen LogP contribution in [0.1, 0.15) is 17.5 Å². The first kappa shape index (κ1) is 18.5. The average Bonchev–Trinajstić information content (AvgIpc) is 3.04. The van der Waals surface area contributed by atoms with Gasteiger partial charge in [0.25, 0.3) is 0 Å². The van der Waals surface area contributed by atoms with Crippen LogP contribution in [0.25, 0.3) is 0 Å². The summed E-state index contributed by atoms with van der Waals surface area (Å²) in [4.78, 5) is 12.4. The fourth-order valence-corrected chi connectivity index (χ4v) is 4.53. The molecule has 1 fully saturated rings. The lowest BCUT2D eigenvalue weighted by Crippen LogP contribution is -2.39. The molecule has 0 spiro atoms. The zero-order valence-electron chi connectivity index (χ0n) is 14.5. The molecular formula is C19H21FN2O3S. The van der Waals surface area contributed by atoms with Crippen LogP contribution in [0, 0.1) is 12.7 Å². The quantitative estimate of drug-likeness (QED) is 0.870. The van der Waals surface area contributed by atoms with Crippen molar-refractivity contribution >= 4 is 15.9 Å². The van der Waals surface area contributed by atoms with E-state index in [9.17, 15) is 17.6 Å². The normalized spacial score (nSPS) is 18.0. The first-order valence-electron chi connectivity index (χ1n) is 8.45. The molecule has 2 aromatic carbocycles. The molecule has 0 saturated carbocycles. The van der Waals surface area contributed by atoms with Gasteiger partial charge in [0.2, 0.25) is 15.9 Å². The van der Waals surface area contributed by atoms with Gasteiger partial charge in [0.15, 0.2) is 0 Å². The van der Waals surface area contributed by atoms with Crippen molar-refractivity contribution in [2.24, 2.45) is 0 Å². The summed E-state index contributed by atoms with van der Waals surface area (Å²) in [6, 6.07) is 12.4. The van der Waals surface area contributed by atoms with Crippen molar-refractivity contribution in [3.05, 3.63) is 65.5 Å². The summed E-state index contributed by atoms with van der Waals surface area (Å²) >= 11 is 0. The first-order chi connectivity index (χ1) is 12.3. The number of nitrogens with one attached hydrogen (secondary N) is 1. The Bertz CT molecular complexity index is 897. The Morgan fingerprint density at radius 2 is 1.96 bits per heavy atom. The van der Waals surface area contributed by atoms with E-state index in [2.05, 4.69) is 5.32 Å². The largest absolute Gasteiger partial charge is 0.352 e. The molecule has 0 aromatic heterocycles. The second-order valence-electron chi connectivity index (χ2n) is 6.54. The fourth-order valence-electron chi connectivity index (χ4n) is 3.03. The molecule has 1 N–H and O–H groups in total. The highest BCUT2D eigenvalue weighted by atomic mass is 32.2. The van der Waals surface area contributed by atoms with E-state index in [4.69, 9.17) is 0 Å². The molecule has 1 unspecified atom stereocenters. The molecular weight excluding hydrogens is 355 g/mol. The molecule has 5 nitrogen and oxygen atoms in total. The maximum absolute atomic E-state index is 13.2. The van der Waals surface area contributed by atoms with Gasteiger partial charge in [-0.15, -0.1) is 0 Å². The van der Waals surface area contributed by atoms with Crippen molar-refractivity contribution in [2.75, 3.05) is 13.1 Å². The molecule has 1 aliphatic heterocycles. The third-order valence-corrected chi connectivity index (χ3v) is 6.31. The van der Waals surface area contributed by atoms with Crippen LogP contribution in [0.5, 0.6) is 0 Å². The summed E-state index contributed by atoms with van der Waals surface area (Å²) in [5.74, 6) is -0.623. The first-order valence-corrected chi connectivity index (χ1v) is 9.89. The van der Waals surface area contributed by atoms with Gasteiger partial charge in [-0.2, -0.15) is 4.31 Å². The molecule has 1 saturated heterocycles. The zero-order chi connectivity index (χ0) is 18.7. The fraction of sp³-hybridized carbons (Fsp3) is 0.316. The van der Waals surface area contributed by atoms with Gasteiger partial charge in [0.05, 0.1) is 11.3 Å². The van der Waals surface area contributed by atoms with E-state index in [1.165, 1.54) is 16.4 Å². The summed E-state index contributed by atoms with van der Waals surface area (Å²) in [6.07, 6.45) is 0.624. The number of nitrogens with zero attached hydrogens (tertiary/aromatic N) is 1. The second kappa shape index (κ2) is 7.55. The van der Waals surface area contributed by atoms with Crippen molar-refractivity contribution in [3.63, 3.8) is 0 Å². The number of carbonyl (C=O) groups excluding carboxylic acids is 1. The lowest BCUT2D eigenvalue weighted by atomic mass is 10.1. The number of amides is 1. The molecule has 26 heavy (non-hydrogen) atoms. The van der Waals surface area contributed by atoms with Crippen LogP contribution in [0.2, 0.25) is 0 Å². The molecule has 3 rings (SSSR count). The molecule has 0 radical (unpaired) electrons. The Kier molecular flexibility index (Phi) is 5.38. The third-order valence-electron chi connectivity index (χ3n) is 4.43. The summed E-state index contributed by atoms with van der Waals surface area (Å²) in [6.45, 7) is 2.50. The molecule has 0 bridgehead atoms. The lowest BCUT2D eigenvalue weighted by Gasteiger charge is -2.17. The van der Waals surface area contributed by atoms with Crippen LogP contribution >= 0.6 is 0 Å². The van der Waals surface area contributed by atoms with Crippen LogP contribution in [-0.2, 0) is 21.2 Å². The summed E-state index contributed by atoms with van der Waals surface area (Å²) in [5, 5.41) is 2.84. The van der Waals surface area contributed by atoms with Crippen LogP contribution in [0.15, 0.2) is 53.4 Å². The Balaban J connectivity index is 1.59. The third kappa shape index (κ3) is 4.28. The number of halogens is 1. The number of benzene rings is 2. The minimum atomic E-state index is -3.56. The number of hydrogen-bond acceptors (Lipinski definition) is 3. The number of carbonyl (C=O) groups is 1. The summed E-state index contributed by atoms with van der Waals surface area (Å²) in [7, 11) is -3.56. The molecule has 2 aromatic rings. The molecule has 7 heteroatoms. The smallest absolute Gasteiger partial charge is 0.243 e. The van der Waals surface area contributed by atoms with Crippen molar-refractivity contribution in [1.29, 1.82) is 0 Å². The second-order valence-corrected chi connectivity index (χ2v) is 8.47. The lowest BCUT2D eigenvalue weighted by molar-refractivity contribution is -0.121. The Hall–Kier alpha value is -2.25. The van der Waals surface area contributed by atoms with Crippen LogP contribution in [-0.4, -0.2) is 37.8 Å². The molecule has 1 amide bonds. The molecule has 1 aliphatic rings. The van der Waals surface area contributed by atoms with E-state index < -0.39 is 10.0 Å². The van der Waals surface area contributed by atoms with Crippen LogP contribution in [0.3, 0.4) is 0 Å². The van der Waals surface area contributed by atoms with Crippen LogP contribution in [0.4, 0.5) is 4.39 Å². The Labute approximate surface area is 152 Å². The highest BCUT2D eigenvalue weighted by molar-refractivity contribution is 7.89. The van der Waals surface area contributed by atoms with Crippen molar-refractivity contribution in [3.8, 4) is 0 Å². The SMILES string of the molecule is Cc1ccc(S(=O)(=O)N2CCC(NC(=O)Cc3cccc(F)c3)C2)cc1. The van der Waals surface area contributed by atoms with Gasteiger partial charge in [-0.1, -0.05) is 29.8 Å². The number of sulfonamides is 1. The van der Waals surface area contributed by atoms with Gasteiger partial charge in [-0.05, 0) is 43.2 Å². The maximum Gasteiger partial charge on any atom is 0.243 e. The van der Waals surface area contributed by atoms with Gasteiger partial charge >= 0.3 is 0 Å². The molecule has 1 heterocycles. The minimum Gasteiger partial charge on any atom is -0.352 e. The van der Waals surface area contributed by atoms with Gasteiger partial charge in [0.1, 0.15) is 5.82 Å². The topological polar surface area (TPSA) is 66.5 Å².